The number of nitrogens with zero attached hydrogens (tertiary/aromatic N) is 1. The van der Waals surface area contributed by atoms with Crippen LogP contribution in [0.3, 0.4) is 0 Å². The average Bonchev–Trinajstić information content (AvgIpc) is 2.55. The first-order chi connectivity index (χ1) is 11.0. The summed E-state index contributed by atoms with van der Waals surface area (Å²) in [6.45, 7) is 8.32. The van der Waals surface area contributed by atoms with Gasteiger partial charge in [-0.05, 0) is 50.8 Å². The van der Waals surface area contributed by atoms with Gasteiger partial charge < -0.3 is 20.1 Å². The van der Waals surface area contributed by atoms with E-state index in [4.69, 9.17) is 4.74 Å². The number of rotatable bonds is 5. The van der Waals surface area contributed by atoms with Gasteiger partial charge in [0.25, 0.3) is 0 Å². The quantitative estimate of drug-likeness (QED) is 0.877. The molecule has 5 heteroatoms. The van der Waals surface area contributed by atoms with Crippen molar-refractivity contribution in [2.24, 2.45) is 5.92 Å². The van der Waals surface area contributed by atoms with Crippen molar-refractivity contribution in [3.05, 3.63) is 29.3 Å². The van der Waals surface area contributed by atoms with Crippen LogP contribution in [0.5, 0.6) is 5.75 Å². The van der Waals surface area contributed by atoms with Crippen molar-refractivity contribution in [2.45, 2.75) is 46.3 Å². The number of aliphatic hydroxyl groups is 1. The molecule has 1 heterocycles. The lowest BCUT2D eigenvalue weighted by Crippen LogP contribution is -2.47. The van der Waals surface area contributed by atoms with Gasteiger partial charge >= 0.3 is 6.03 Å². The summed E-state index contributed by atoms with van der Waals surface area (Å²) in [7, 11) is 0. The van der Waals surface area contributed by atoms with E-state index in [1.54, 1.807) is 6.92 Å². The Morgan fingerprint density at radius 3 is 2.96 bits per heavy atom. The Bertz CT molecular complexity index is 531. The van der Waals surface area contributed by atoms with Crippen molar-refractivity contribution in [2.75, 3.05) is 19.7 Å². The molecule has 2 unspecified atom stereocenters. The Morgan fingerprint density at radius 2 is 2.30 bits per heavy atom. The van der Waals surface area contributed by atoms with E-state index in [0.29, 0.717) is 19.7 Å². The van der Waals surface area contributed by atoms with Crippen molar-refractivity contribution < 1.29 is 14.6 Å². The number of carbonyl (C=O) groups is 1. The highest BCUT2D eigenvalue weighted by atomic mass is 16.5. The van der Waals surface area contributed by atoms with E-state index in [2.05, 4.69) is 5.32 Å². The predicted molar refractivity (Wildman–Crippen MR) is 90.6 cm³/mol. The lowest BCUT2D eigenvalue weighted by molar-refractivity contribution is 0.0738. The molecular weight excluding hydrogens is 292 g/mol. The standard InChI is InChI=1S/C18H28N2O3/c1-4-23-17-8-7-15(10-13(17)2)11-19-18(22)20-9-5-6-16(12-20)14(3)21/h7-8,10,14,16,21H,4-6,9,11-12H2,1-3H3,(H,19,22). The van der Waals surface area contributed by atoms with Crippen molar-refractivity contribution in [3.8, 4) is 5.75 Å². The van der Waals surface area contributed by atoms with Crippen LogP contribution in [0.4, 0.5) is 4.79 Å². The number of hydrogen-bond acceptors (Lipinski definition) is 3. The normalized spacial score (nSPS) is 19.3. The van der Waals surface area contributed by atoms with Gasteiger partial charge in [-0.2, -0.15) is 0 Å². The van der Waals surface area contributed by atoms with E-state index in [-0.39, 0.29) is 18.1 Å². The minimum Gasteiger partial charge on any atom is -0.494 e. The summed E-state index contributed by atoms with van der Waals surface area (Å²) in [5, 5.41) is 12.7. The molecule has 1 aliphatic heterocycles. The monoisotopic (exact) mass is 320 g/mol. The topological polar surface area (TPSA) is 61.8 Å². The maximum Gasteiger partial charge on any atom is 0.317 e. The largest absolute Gasteiger partial charge is 0.494 e. The molecular formula is C18H28N2O3. The van der Waals surface area contributed by atoms with Crippen LogP contribution >= 0.6 is 0 Å². The van der Waals surface area contributed by atoms with Gasteiger partial charge in [-0.15, -0.1) is 0 Å². The van der Waals surface area contributed by atoms with Crippen LogP contribution in [0, 0.1) is 12.8 Å². The van der Waals surface area contributed by atoms with Gasteiger partial charge in [0.2, 0.25) is 0 Å². The van der Waals surface area contributed by atoms with Crippen molar-refractivity contribution in [1.29, 1.82) is 0 Å². The highest BCUT2D eigenvalue weighted by Gasteiger charge is 2.26. The van der Waals surface area contributed by atoms with E-state index in [1.165, 1.54) is 0 Å². The molecule has 5 nitrogen and oxygen atoms in total. The van der Waals surface area contributed by atoms with Crippen LogP contribution < -0.4 is 10.1 Å². The molecule has 2 amide bonds. The molecule has 23 heavy (non-hydrogen) atoms. The van der Waals surface area contributed by atoms with Crippen LogP contribution in [-0.4, -0.2) is 41.8 Å². The summed E-state index contributed by atoms with van der Waals surface area (Å²) >= 11 is 0. The third-order valence-corrected chi connectivity index (χ3v) is 4.41. The van der Waals surface area contributed by atoms with Crippen LogP contribution in [-0.2, 0) is 6.54 Å². The second-order valence-corrected chi connectivity index (χ2v) is 6.28. The third-order valence-electron chi connectivity index (χ3n) is 4.41. The first-order valence-corrected chi connectivity index (χ1v) is 8.44. The lowest BCUT2D eigenvalue weighted by atomic mass is 9.94. The fourth-order valence-corrected chi connectivity index (χ4v) is 3.02. The first-order valence-electron chi connectivity index (χ1n) is 8.44. The fraction of sp³-hybridized carbons (Fsp3) is 0.611. The second kappa shape index (κ2) is 8.20. The number of piperidine rings is 1. The number of hydrogen-bond donors (Lipinski definition) is 2. The van der Waals surface area contributed by atoms with E-state index >= 15 is 0 Å². The second-order valence-electron chi connectivity index (χ2n) is 6.28. The average molecular weight is 320 g/mol. The number of amides is 2. The molecule has 1 aliphatic rings. The zero-order valence-electron chi connectivity index (χ0n) is 14.3. The van der Waals surface area contributed by atoms with Gasteiger partial charge in [-0.25, -0.2) is 4.79 Å². The number of likely N-dealkylation sites (tertiary alicyclic amines) is 1. The number of nitrogens with one attached hydrogen (secondary N) is 1. The summed E-state index contributed by atoms with van der Waals surface area (Å²) in [5.41, 5.74) is 2.13. The van der Waals surface area contributed by atoms with Crippen LogP contribution in [0.15, 0.2) is 18.2 Å². The van der Waals surface area contributed by atoms with Crippen LogP contribution in [0.1, 0.15) is 37.8 Å². The van der Waals surface area contributed by atoms with Crippen molar-refractivity contribution >= 4 is 6.03 Å². The number of carbonyl (C=O) groups excluding carboxylic acids is 1. The van der Waals surface area contributed by atoms with Gasteiger partial charge in [0.05, 0.1) is 12.7 Å². The molecule has 2 atom stereocenters. The van der Waals surface area contributed by atoms with Gasteiger partial charge in [0, 0.05) is 25.6 Å². The van der Waals surface area contributed by atoms with Crippen LogP contribution in [0.25, 0.3) is 0 Å². The molecule has 1 aromatic rings. The summed E-state index contributed by atoms with van der Waals surface area (Å²) in [6, 6.07) is 5.92. The van der Waals surface area contributed by atoms with Gasteiger partial charge in [-0.3, -0.25) is 0 Å². The summed E-state index contributed by atoms with van der Waals surface area (Å²) in [4.78, 5) is 14.1. The SMILES string of the molecule is CCOc1ccc(CNC(=O)N2CCCC(C(C)O)C2)cc1C. The number of aryl methyl sites for hydroxylation is 1. The Kier molecular flexibility index (Phi) is 6.28. The molecule has 1 fully saturated rings. The van der Waals surface area contributed by atoms with Gasteiger partial charge in [0.15, 0.2) is 0 Å². The molecule has 2 rings (SSSR count). The Hall–Kier alpha value is -1.75. The Morgan fingerprint density at radius 1 is 1.52 bits per heavy atom. The van der Waals surface area contributed by atoms with E-state index < -0.39 is 0 Å². The highest BCUT2D eigenvalue weighted by Crippen LogP contribution is 2.21. The minimum atomic E-state index is -0.362. The zero-order chi connectivity index (χ0) is 16.8. The number of ether oxygens (including phenoxy) is 1. The molecule has 128 valence electrons. The van der Waals surface area contributed by atoms with E-state index in [9.17, 15) is 9.90 Å². The van der Waals surface area contributed by atoms with Crippen molar-refractivity contribution in [3.63, 3.8) is 0 Å². The zero-order valence-corrected chi connectivity index (χ0v) is 14.3. The first kappa shape index (κ1) is 17.6. The molecule has 2 N–H and O–H groups in total. The Labute approximate surface area is 138 Å². The highest BCUT2D eigenvalue weighted by molar-refractivity contribution is 5.74. The molecule has 0 aliphatic carbocycles. The summed E-state index contributed by atoms with van der Waals surface area (Å²) in [5.74, 6) is 1.07. The minimum absolute atomic E-state index is 0.0538. The molecule has 0 bridgehead atoms. The summed E-state index contributed by atoms with van der Waals surface area (Å²) in [6.07, 6.45) is 1.57. The van der Waals surface area contributed by atoms with Crippen LogP contribution in [0.2, 0.25) is 0 Å². The Balaban J connectivity index is 1.87. The number of benzene rings is 1. The number of urea groups is 1. The van der Waals surface area contributed by atoms with E-state index in [1.807, 2.05) is 36.9 Å². The summed E-state index contributed by atoms with van der Waals surface area (Å²) < 4.78 is 5.53. The number of aliphatic hydroxyl groups excluding tert-OH is 1. The molecule has 0 saturated carbocycles. The molecule has 0 radical (unpaired) electrons. The molecule has 1 saturated heterocycles. The molecule has 0 aromatic heterocycles. The maximum atomic E-state index is 12.3. The maximum absolute atomic E-state index is 12.3. The predicted octanol–water partition coefficient (Wildman–Crippen LogP) is 2.70. The smallest absolute Gasteiger partial charge is 0.317 e. The van der Waals surface area contributed by atoms with Gasteiger partial charge in [-0.1, -0.05) is 12.1 Å². The third kappa shape index (κ3) is 4.86. The van der Waals surface area contributed by atoms with E-state index in [0.717, 1.165) is 36.3 Å². The fourth-order valence-electron chi connectivity index (χ4n) is 3.02. The van der Waals surface area contributed by atoms with Gasteiger partial charge in [0.1, 0.15) is 5.75 Å². The lowest BCUT2D eigenvalue weighted by Gasteiger charge is -2.34. The molecule has 0 spiro atoms. The molecule has 1 aromatic carbocycles. The van der Waals surface area contributed by atoms with Crippen molar-refractivity contribution in [1.82, 2.24) is 10.2 Å².